The molecule has 1 N–H and O–H groups in total. The fourth-order valence-corrected chi connectivity index (χ4v) is 3.78. The van der Waals surface area contributed by atoms with Gasteiger partial charge in [-0.25, -0.2) is 9.97 Å². The van der Waals surface area contributed by atoms with Gasteiger partial charge >= 0.3 is 0 Å². The first-order valence-corrected chi connectivity index (χ1v) is 11.1. The summed E-state index contributed by atoms with van der Waals surface area (Å²) < 4.78 is 0. The van der Waals surface area contributed by atoms with Crippen molar-refractivity contribution in [1.29, 1.82) is 0 Å². The van der Waals surface area contributed by atoms with Crippen LogP contribution >= 0.6 is 11.8 Å². The first-order valence-electron chi connectivity index (χ1n) is 10.1. The van der Waals surface area contributed by atoms with Gasteiger partial charge in [0, 0.05) is 22.4 Å². The van der Waals surface area contributed by atoms with Crippen molar-refractivity contribution in [1.82, 2.24) is 9.97 Å². The number of hydrogen-bond donors (Lipinski definition) is 1. The molecule has 4 rings (SSSR count). The predicted octanol–water partition coefficient (Wildman–Crippen LogP) is 5.74. The summed E-state index contributed by atoms with van der Waals surface area (Å²) in [5.41, 5.74) is 4.85. The highest BCUT2D eigenvalue weighted by Gasteiger charge is 2.11. The Hall–Kier alpha value is -3.77. The lowest BCUT2D eigenvalue weighted by Gasteiger charge is -2.09. The van der Waals surface area contributed by atoms with Crippen LogP contribution in [0.2, 0.25) is 0 Å². The quantitative estimate of drug-likeness (QED) is 0.226. The molecule has 0 saturated heterocycles. The van der Waals surface area contributed by atoms with Gasteiger partial charge in [0.15, 0.2) is 10.9 Å². The molecule has 3 aromatic carbocycles. The average Bonchev–Trinajstić information content (AvgIpc) is 2.84. The number of rotatable bonds is 7. The summed E-state index contributed by atoms with van der Waals surface area (Å²) in [6, 6.07) is 28.6. The lowest BCUT2D eigenvalue weighted by atomic mass is 10.1. The third-order valence-corrected chi connectivity index (χ3v) is 5.60. The van der Waals surface area contributed by atoms with E-state index in [0.29, 0.717) is 16.4 Å². The number of aromatic nitrogens is 2. The Morgan fingerprint density at radius 1 is 0.781 bits per heavy atom. The minimum atomic E-state index is -0.166. The smallest absolute Gasteiger partial charge is 0.234 e. The Kier molecular flexibility index (Phi) is 6.72. The fraction of sp³-hybridized carbons (Fsp3) is 0.0769. The Morgan fingerprint density at radius 3 is 1.81 bits per heavy atom. The third-order valence-electron chi connectivity index (χ3n) is 4.75. The van der Waals surface area contributed by atoms with Gasteiger partial charge in [0.25, 0.3) is 0 Å². The van der Waals surface area contributed by atoms with E-state index in [1.807, 2.05) is 66.7 Å². The average molecular weight is 440 g/mol. The van der Waals surface area contributed by atoms with E-state index in [4.69, 9.17) is 0 Å². The van der Waals surface area contributed by atoms with Crippen molar-refractivity contribution in [3.05, 3.63) is 96.6 Å². The molecule has 32 heavy (non-hydrogen) atoms. The van der Waals surface area contributed by atoms with Crippen molar-refractivity contribution >= 4 is 29.1 Å². The van der Waals surface area contributed by atoms with E-state index in [1.54, 1.807) is 24.3 Å². The van der Waals surface area contributed by atoms with Crippen molar-refractivity contribution in [2.24, 2.45) is 0 Å². The number of carbonyl (C=O) groups is 2. The topological polar surface area (TPSA) is 72.0 Å². The summed E-state index contributed by atoms with van der Waals surface area (Å²) >= 11 is 1.29. The van der Waals surface area contributed by atoms with Crippen molar-refractivity contribution in [3.8, 4) is 22.5 Å². The molecule has 1 amide bonds. The Labute approximate surface area is 190 Å². The zero-order chi connectivity index (χ0) is 22.3. The maximum Gasteiger partial charge on any atom is 0.234 e. The van der Waals surface area contributed by atoms with Gasteiger partial charge in [0.1, 0.15) is 0 Å². The van der Waals surface area contributed by atoms with Crippen LogP contribution in [0.1, 0.15) is 17.3 Å². The number of thioether (sulfide) groups is 1. The molecule has 0 saturated carbocycles. The van der Waals surface area contributed by atoms with Crippen LogP contribution in [0.15, 0.2) is 96.2 Å². The van der Waals surface area contributed by atoms with E-state index in [-0.39, 0.29) is 17.4 Å². The Morgan fingerprint density at radius 2 is 1.31 bits per heavy atom. The van der Waals surface area contributed by atoms with E-state index in [1.165, 1.54) is 18.7 Å². The third kappa shape index (κ3) is 5.47. The van der Waals surface area contributed by atoms with E-state index in [9.17, 15) is 9.59 Å². The Balaban J connectivity index is 1.52. The van der Waals surface area contributed by atoms with Crippen LogP contribution < -0.4 is 5.32 Å². The van der Waals surface area contributed by atoms with Crippen LogP contribution in [-0.2, 0) is 4.79 Å². The van der Waals surface area contributed by atoms with Crippen LogP contribution in [0.5, 0.6) is 0 Å². The van der Waals surface area contributed by atoms with Crippen molar-refractivity contribution in [2.45, 2.75) is 12.1 Å². The molecule has 0 atom stereocenters. The summed E-state index contributed by atoms with van der Waals surface area (Å²) in [4.78, 5) is 33.2. The molecule has 0 aliphatic carbocycles. The fourth-order valence-electron chi connectivity index (χ4n) is 3.12. The molecule has 0 spiro atoms. The van der Waals surface area contributed by atoms with Gasteiger partial charge in [-0.1, -0.05) is 72.4 Å². The standard InChI is InChI=1S/C26H21N3O2S/c1-18(30)19-12-14-22(15-13-19)27-25(31)17-32-26-28-23(20-8-4-2-5-9-20)16-24(29-26)21-10-6-3-7-11-21/h2-16H,17H2,1H3,(H,27,31). The minimum absolute atomic E-state index is 0.0110. The highest BCUT2D eigenvalue weighted by atomic mass is 32.2. The van der Waals surface area contributed by atoms with Crippen LogP contribution in [0.25, 0.3) is 22.5 Å². The molecule has 1 heterocycles. The molecule has 6 heteroatoms. The molecular formula is C26H21N3O2S. The molecule has 0 unspecified atom stereocenters. The van der Waals surface area contributed by atoms with Crippen molar-refractivity contribution < 1.29 is 9.59 Å². The number of anilines is 1. The summed E-state index contributed by atoms with van der Waals surface area (Å²) in [5, 5.41) is 3.38. The molecule has 4 aromatic rings. The molecular weight excluding hydrogens is 418 g/mol. The number of amides is 1. The van der Waals surface area contributed by atoms with Crippen LogP contribution in [0, 0.1) is 0 Å². The Bertz CT molecular complexity index is 1170. The molecule has 0 aliphatic heterocycles. The van der Waals surface area contributed by atoms with E-state index >= 15 is 0 Å². The van der Waals surface area contributed by atoms with Gasteiger partial charge in [-0.05, 0) is 37.3 Å². The highest BCUT2D eigenvalue weighted by molar-refractivity contribution is 7.99. The molecule has 0 bridgehead atoms. The summed E-state index contributed by atoms with van der Waals surface area (Å²) in [6.45, 7) is 1.51. The summed E-state index contributed by atoms with van der Waals surface area (Å²) in [5.74, 6) is -0.00958. The molecule has 158 valence electrons. The van der Waals surface area contributed by atoms with Gasteiger partial charge in [0.05, 0.1) is 17.1 Å². The second-order valence-corrected chi connectivity index (χ2v) is 8.07. The number of carbonyl (C=O) groups excluding carboxylic acids is 2. The van der Waals surface area contributed by atoms with Gasteiger partial charge < -0.3 is 5.32 Å². The zero-order valence-corrected chi connectivity index (χ0v) is 18.3. The first-order chi connectivity index (χ1) is 15.6. The number of ketones is 1. The second kappa shape index (κ2) is 10.0. The first kappa shape index (κ1) is 21.5. The molecule has 1 aromatic heterocycles. The number of nitrogens with one attached hydrogen (secondary N) is 1. The monoisotopic (exact) mass is 439 g/mol. The normalized spacial score (nSPS) is 10.5. The number of Topliss-reactive ketones (excluding diaryl/α,β-unsaturated/α-hetero) is 1. The minimum Gasteiger partial charge on any atom is -0.325 e. The van der Waals surface area contributed by atoms with Gasteiger partial charge in [-0.15, -0.1) is 0 Å². The number of hydrogen-bond acceptors (Lipinski definition) is 5. The molecule has 0 radical (unpaired) electrons. The van der Waals surface area contributed by atoms with Gasteiger partial charge in [-0.2, -0.15) is 0 Å². The predicted molar refractivity (Wildman–Crippen MR) is 129 cm³/mol. The lowest BCUT2D eigenvalue weighted by molar-refractivity contribution is -0.113. The molecule has 0 aliphatic rings. The van der Waals surface area contributed by atoms with E-state index in [2.05, 4.69) is 15.3 Å². The number of nitrogens with zero attached hydrogens (tertiary/aromatic N) is 2. The molecule has 5 nitrogen and oxygen atoms in total. The number of benzene rings is 3. The lowest BCUT2D eigenvalue weighted by Crippen LogP contribution is -2.14. The summed E-state index contributed by atoms with van der Waals surface area (Å²) in [6.07, 6.45) is 0. The van der Waals surface area contributed by atoms with Gasteiger partial charge in [-0.3, -0.25) is 9.59 Å². The second-order valence-electron chi connectivity index (χ2n) is 7.12. The van der Waals surface area contributed by atoms with Crippen LogP contribution in [-0.4, -0.2) is 27.4 Å². The summed E-state index contributed by atoms with van der Waals surface area (Å²) in [7, 11) is 0. The van der Waals surface area contributed by atoms with Crippen LogP contribution in [0.3, 0.4) is 0 Å². The maximum atomic E-state index is 12.5. The maximum absolute atomic E-state index is 12.5. The molecule has 0 fully saturated rings. The van der Waals surface area contributed by atoms with E-state index in [0.717, 1.165) is 22.5 Å². The van der Waals surface area contributed by atoms with E-state index < -0.39 is 0 Å². The van der Waals surface area contributed by atoms with Crippen molar-refractivity contribution in [3.63, 3.8) is 0 Å². The van der Waals surface area contributed by atoms with Gasteiger partial charge in [0.2, 0.25) is 5.91 Å². The largest absolute Gasteiger partial charge is 0.325 e. The SMILES string of the molecule is CC(=O)c1ccc(NC(=O)CSc2nc(-c3ccccc3)cc(-c3ccccc3)n2)cc1. The van der Waals surface area contributed by atoms with Crippen LogP contribution in [0.4, 0.5) is 5.69 Å². The highest BCUT2D eigenvalue weighted by Crippen LogP contribution is 2.27. The zero-order valence-electron chi connectivity index (χ0n) is 17.5. The van der Waals surface area contributed by atoms with Crippen molar-refractivity contribution in [2.75, 3.05) is 11.1 Å².